The fourth-order valence-electron chi connectivity index (χ4n) is 1.93. The number of carbonyl (C=O) groups is 1. The first-order valence-corrected chi connectivity index (χ1v) is 5.57. The number of hydrogen-bond acceptors (Lipinski definition) is 3. The molecule has 4 nitrogen and oxygen atoms in total. The lowest BCUT2D eigenvalue weighted by atomic mass is 10.1. The molecule has 2 atom stereocenters. The van der Waals surface area contributed by atoms with Crippen molar-refractivity contribution < 1.29 is 4.79 Å². The van der Waals surface area contributed by atoms with Crippen LogP contribution in [-0.4, -0.2) is 11.9 Å². The molecule has 4 heteroatoms. The molecule has 1 aliphatic rings. The molecule has 0 aromatic heterocycles. The van der Waals surface area contributed by atoms with Crippen molar-refractivity contribution in [1.29, 1.82) is 0 Å². The lowest BCUT2D eigenvalue weighted by molar-refractivity contribution is 0.0949. The van der Waals surface area contributed by atoms with Crippen molar-refractivity contribution >= 4 is 17.3 Å². The van der Waals surface area contributed by atoms with Gasteiger partial charge in [-0.15, -0.1) is 0 Å². The molecule has 0 bridgehead atoms. The predicted octanol–water partition coefficient (Wildman–Crippen LogP) is 1.38. The lowest BCUT2D eigenvalue weighted by Gasteiger charge is -2.06. The van der Waals surface area contributed by atoms with E-state index < -0.39 is 0 Å². The topological polar surface area (TPSA) is 81.1 Å². The van der Waals surface area contributed by atoms with E-state index in [0.29, 0.717) is 28.9 Å². The zero-order chi connectivity index (χ0) is 11.7. The number of carbonyl (C=O) groups excluding carboxylic acids is 1. The highest BCUT2D eigenvalue weighted by Gasteiger charge is 2.36. The van der Waals surface area contributed by atoms with Crippen LogP contribution in [0.15, 0.2) is 18.2 Å². The lowest BCUT2D eigenvalue weighted by Crippen LogP contribution is -2.26. The minimum atomic E-state index is -0.0834. The van der Waals surface area contributed by atoms with Gasteiger partial charge in [0, 0.05) is 23.0 Å². The van der Waals surface area contributed by atoms with Gasteiger partial charge in [-0.25, -0.2) is 0 Å². The number of hydrogen-bond donors (Lipinski definition) is 3. The van der Waals surface area contributed by atoms with Crippen LogP contribution in [0, 0.1) is 5.92 Å². The van der Waals surface area contributed by atoms with Crippen LogP contribution < -0.4 is 16.8 Å². The van der Waals surface area contributed by atoms with Crippen LogP contribution in [0.4, 0.5) is 11.4 Å². The SMILES string of the molecule is CCC1CC1NC(=O)c1cc(N)cc(N)c1. The zero-order valence-corrected chi connectivity index (χ0v) is 9.36. The molecule has 5 N–H and O–H groups in total. The van der Waals surface area contributed by atoms with Gasteiger partial charge >= 0.3 is 0 Å². The average molecular weight is 219 g/mol. The van der Waals surface area contributed by atoms with Gasteiger partial charge in [-0.3, -0.25) is 4.79 Å². The van der Waals surface area contributed by atoms with Gasteiger partial charge in [0.2, 0.25) is 0 Å². The van der Waals surface area contributed by atoms with Crippen molar-refractivity contribution in [3.63, 3.8) is 0 Å². The summed E-state index contributed by atoms with van der Waals surface area (Å²) in [5, 5.41) is 2.98. The second-order valence-electron chi connectivity index (χ2n) is 4.37. The number of nitrogens with one attached hydrogen (secondary N) is 1. The van der Waals surface area contributed by atoms with Gasteiger partial charge in [0.05, 0.1) is 0 Å². The molecule has 2 rings (SSSR count). The summed E-state index contributed by atoms with van der Waals surface area (Å²) in [7, 11) is 0. The van der Waals surface area contributed by atoms with E-state index in [0.717, 1.165) is 12.8 Å². The summed E-state index contributed by atoms with van der Waals surface area (Å²) in [5.41, 5.74) is 12.9. The van der Waals surface area contributed by atoms with Crippen LogP contribution in [-0.2, 0) is 0 Å². The van der Waals surface area contributed by atoms with Crippen LogP contribution in [0.25, 0.3) is 0 Å². The fraction of sp³-hybridized carbons (Fsp3) is 0.417. The highest BCUT2D eigenvalue weighted by atomic mass is 16.1. The summed E-state index contributed by atoms with van der Waals surface area (Å²) >= 11 is 0. The molecule has 16 heavy (non-hydrogen) atoms. The minimum Gasteiger partial charge on any atom is -0.399 e. The third-order valence-electron chi connectivity index (χ3n) is 3.00. The van der Waals surface area contributed by atoms with E-state index in [2.05, 4.69) is 12.2 Å². The first-order chi connectivity index (χ1) is 7.60. The Morgan fingerprint density at radius 2 is 2.00 bits per heavy atom. The van der Waals surface area contributed by atoms with E-state index in [-0.39, 0.29) is 5.91 Å². The predicted molar refractivity (Wildman–Crippen MR) is 64.9 cm³/mol. The second-order valence-corrected chi connectivity index (χ2v) is 4.37. The smallest absolute Gasteiger partial charge is 0.251 e. The average Bonchev–Trinajstić information content (AvgIpc) is 2.95. The molecule has 1 aromatic rings. The van der Waals surface area contributed by atoms with Crippen LogP contribution >= 0.6 is 0 Å². The van der Waals surface area contributed by atoms with Gasteiger partial charge in [0.15, 0.2) is 0 Å². The van der Waals surface area contributed by atoms with Gasteiger partial charge in [-0.1, -0.05) is 13.3 Å². The van der Waals surface area contributed by atoms with Crippen molar-refractivity contribution in [2.24, 2.45) is 5.92 Å². The first kappa shape index (κ1) is 10.8. The minimum absolute atomic E-state index is 0.0834. The third-order valence-corrected chi connectivity index (χ3v) is 3.00. The number of nitrogens with two attached hydrogens (primary N) is 2. The molecule has 1 fully saturated rings. The van der Waals surface area contributed by atoms with E-state index in [9.17, 15) is 4.79 Å². The van der Waals surface area contributed by atoms with E-state index in [1.165, 1.54) is 0 Å². The number of anilines is 2. The van der Waals surface area contributed by atoms with Gasteiger partial charge < -0.3 is 16.8 Å². The maximum atomic E-state index is 11.8. The molecular weight excluding hydrogens is 202 g/mol. The molecule has 1 aromatic carbocycles. The van der Waals surface area contributed by atoms with Crippen LogP contribution in [0.2, 0.25) is 0 Å². The summed E-state index contributed by atoms with van der Waals surface area (Å²) in [6.07, 6.45) is 2.20. The quantitative estimate of drug-likeness (QED) is 0.672. The summed E-state index contributed by atoms with van der Waals surface area (Å²) < 4.78 is 0. The van der Waals surface area contributed by atoms with Crippen LogP contribution in [0.5, 0.6) is 0 Å². The summed E-state index contributed by atoms with van der Waals surface area (Å²) in [6.45, 7) is 2.13. The molecular formula is C12H17N3O. The molecule has 2 unspecified atom stereocenters. The van der Waals surface area contributed by atoms with Crippen molar-refractivity contribution in [2.75, 3.05) is 11.5 Å². The van der Waals surface area contributed by atoms with Crippen molar-refractivity contribution in [1.82, 2.24) is 5.32 Å². The highest BCUT2D eigenvalue weighted by molar-refractivity contribution is 5.96. The summed E-state index contributed by atoms with van der Waals surface area (Å²) in [5.74, 6) is 0.558. The number of nitrogen functional groups attached to an aromatic ring is 2. The zero-order valence-electron chi connectivity index (χ0n) is 9.36. The second kappa shape index (κ2) is 4.04. The van der Waals surface area contributed by atoms with Gasteiger partial charge in [0.1, 0.15) is 0 Å². The van der Waals surface area contributed by atoms with E-state index in [1.54, 1.807) is 18.2 Å². The van der Waals surface area contributed by atoms with Gasteiger partial charge in [-0.2, -0.15) is 0 Å². The van der Waals surface area contributed by atoms with Crippen molar-refractivity contribution in [3.05, 3.63) is 23.8 Å². The van der Waals surface area contributed by atoms with E-state index in [4.69, 9.17) is 11.5 Å². The Morgan fingerprint density at radius 3 is 2.50 bits per heavy atom. The molecule has 0 spiro atoms. The number of amides is 1. The molecule has 1 aliphatic carbocycles. The van der Waals surface area contributed by atoms with Crippen molar-refractivity contribution in [3.8, 4) is 0 Å². The monoisotopic (exact) mass is 219 g/mol. The number of rotatable bonds is 3. The normalized spacial score (nSPS) is 22.8. The fourth-order valence-corrected chi connectivity index (χ4v) is 1.93. The first-order valence-electron chi connectivity index (χ1n) is 5.57. The Hall–Kier alpha value is -1.71. The molecule has 0 heterocycles. The maximum Gasteiger partial charge on any atom is 0.251 e. The maximum absolute atomic E-state index is 11.8. The Kier molecular flexibility index (Phi) is 2.73. The number of benzene rings is 1. The summed E-state index contributed by atoms with van der Waals surface area (Å²) in [6, 6.07) is 5.27. The third kappa shape index (κ3) is 2.27. The van der Waals surface area contributed by atoms with E-state index in [1.807, 2.05) is 0 Å². The Balaban J connectivity index is 2.04. The largest absolute Gasteiger partial charge is 0.399 e. The Morgan fingerprint density at radius 1 is 1.38 bits per heavy atom. The van der Waals surface area contributed by atoms with Gasteiger partial charge in [0.25, 0.3) is 5.91 Å². The highest BCUT2D eigenvalue weighted by Crippen LogP contribution is 2.33. The Labute approximate surface area is 95.0 Å². The molecule has 0 radical (unpaired) electrons. The Bertz CT molecular complexity index is 396. The van der Waals surface area contributed by atoms with Gasteiger partial charge in [-0.05, 0) is 30.5 Å². The summed E-state index contributed by atoms with van der Waals surface area (Å²) in [4.78, 5) is 11.8. The molecule has 0 saturated heterocycles. The van der Waals surface area contributed by atoms with Crippen molar-refractivity contribution in [2.45, 2.75) is 25.8 Å². The molecule has 86 valence electrons. The molecule has 1 amide bonds. The van der Waals surface area contributed by atoms with E-state index >= 15 is 0 Å². The van der Waals surface area contributed by atoms with Crippen LogP contribution in [0.3, 0.4) is 0 Å². The van der Waals surface area contributed by atoms with Crippen LogP contribution in [0.1, 0.15) is 30.1 Å². The molecule has 1 saturated carbocycles. The molecule has 0 aliphatic heterocycles. The standard InChI is InChI=1S/C12H17N3O/c1-2-7-5-11(7)15-12(16)8-3-9(13)6-10(14)4-8/h3-4,6-7,11H,2,5,13-14H2,1H3,(H,15,16).